The van der Waals surface area contributed by atoms with Crippen molar-refractivity contribution in [2.24, 2.45) is 0 Å². The molecule has 0 saturated carbocycles. The van der Waals surface area contributed by atoms with Gasteiger partial charge in [-0.3, -0.25) is 0 Å². The maximum absolute atomic E-state index is 10.8. The normalized spacial score (nSPS) is 11.0. The zero-order chi connectivity index (χ0) is 19.5. The van der Waals surface area contributed by atoms with E-state index in [-0.39, 0.29) is 45.1 Å². The fourth-order valence-electron chi connectivity index (χ4n) is 2.31. The molecule has 0 saturated heterocycles. The molecule has 0 spiro atoms. The second-order valence-corrected chi connectivity index (χ2v) is 10.4. The second-order valence-electron chi connectivity index (χ2n) is 6.15. The standard InChI is InChI=1S/C12H20O4.2C4H9.Sn/c1-3-5-6-7-8-10(12(15)16)9(4-2)11(13)14;2*1-3-4-2;/h3-8H2,1-2H3,(H,13,14)(H,15,16);2*1,3-4H2,2H3;/q;;;+2/p-2. The zero-order valence-corrected chi connectivity index (χ0v) is 19.5. The van der Waals surface area contributed by atoms with Crippen molar-refractivity contribution in [1.82, 2.24) is 0 Å². The topological polar surface area (TPSA) is 80.3 Å². The number of rotatable bonds is 14. The van der Waals surface area contributed by atoms with Gasteiger partial charge in [-0.15, -0.1) is 0 Å². The Balaban J connectivity index is 0. The molecule has 0 unspecified atom stereocenters. The van der Waals surface area contributed by atoms with Crippen LogP contribution in [-0.4, -0.2) is 33.1 Å². The van der Waals surface area contributed by atoms with Gasteiger partial charge in [0.05, 0.1) is 11.9 Å². The van der Waals surface area contributed by atoms with E-state index in [0.717, 1.165) is 19.3 Å². The molecule has 0 atom stereocenters. The van der Waals surface area contributed by atoms with Crippen molar-refractivity contribution in [3.63, 3.8) is 0 Å². The van der Waals surface area contributed by atoms with Crippen LogP contribution in [0.15, 0.2) is 11.1 Å². The van der Waals surface area contributed by atoms with Crippen molar-refractivity contribution in [1.29, 1.82) is 0 Å². The van der Waals surface area contributed by atoms with Crippen LogP contribution in [0.3, 0.4) is 0 Å². The first-order valence-electron chi connectivity index (χ1n) is 9.81. The van der Waals surface area contributed by atoms with Gasteiger partial charge in [-0.2, -0.15) is 0 Å². The minimum atomic E-state index is -1.41. The van der Waals surface area contributed by atoms with Crippen molar-refractivity contribution in [2.45, 2.75) is 101 Å². The first kappa shape index (κ1) is 26.7. The summed E-state index contributed by atoms with van der Waals surface area (Å²) in [6, 6.07) is 0. The number of hydrogen-bond donors (Lipinski definition) is 0. The zero-order valence-electron chi connectivity index (χ0n) is 16.6. The van der Waals surface area contributed by atoms with Crippen LogP contribution in [-0.2, 0) is 9.59 Å². The molecule has 0 aromatic carbocycles. The van der Waals surface area contributed by atoms with Crippen molar-refractivity contribution < 1.29 is 19.8 Å². The number of aliphatic carboxylic acids is 2. The van der Waals surface area contributed by atoms with Crippen LogP contribution in [0.5, 0.6) is 0 Å². The average Bonchev–Trinajstić information content (AvgIpc) is 2.57. The van der Waals surface area contributed by atoms with Crippen LogP contribution < -0.4 is 10.2 Å². The van der Waals surface area contributed by atoms with E-state index in [9.17, 15) is 19.8 Å². The molecular weight excluding hydrogens is 423 g/mol. The first-order chi connectivity index (χ1) is 12.0. The van der Waals surface area contributed by atoms with Crippen LogP contribution in [0.25, 0.3) is 0 Å². The molecule has 0 aliphatic carbocycles. The van der Waals surface area contributed by atoms with Crippen molar-refractivity contribution in [3.05, 3.63) is 11.1 Å². The molecule has 0 aromatic rings. The summed E-state index contributed by atoms with van der Waals surface area (Å²) in [5.74, 6) is -2.80. The molecule has 0 heterocycles. The SMILES string of the molecule is CCCCCCC(C(=O)[O-])=C(CC)C(=O)[O-].CCC[CH2][Sn+2][CH2]CCC. The van der Waals surface area contributed by atoms with Crippen LogP contribution in [0, 0.1) is 0 Å². The quantitative estimate of drug-likeness (QED) is 0.227. The third-order valence-electron chi connectivity index (χ3n) is 3.91. The van der Waals surface area contributed by atoms with Gasteiger partial charge in [-0.25, -0.2) is 0 Å². The van der Waals surface area contributed by atoms with Crippen LogP contribution in [0.2, 0.25) is 8.87 Å². The van der Waals surface area contributed by atoms with E-state index in [0.29, 0.717) is 6.42 Å². The summed E-state index contributed by atoms with van der Waals surface area (Å²) < 4.78 is 3.25. The number of hydrogen-bond acceptors (Lipinski definition) is 4. The van der Waals surface area contributed by atoms with E-state index < -0.39 is 11.9 Å². The molecule has 0 rings (SSSR count). The fraction of sp³-hybridized carbons (Fsp3) is 0.800. The van der Waals surface area contributed by atoms with Gasteiger partial charge in [-0.05, 0) is 30.4 Å². The third-order valence-corrected chi connectivity index (χ3v) is 7.94. The summed E-state index contributed by atoms with van der Waals surface area (Å²) in [6.45, 7) is 8.23. The fourth-order valence-corrected chi connectivity index (χ4v) is 6.47. The van der Waals surface area contributed by atoms with E-state index in [1.54, 1.807) is 15.8 Å². The molecule has 25 heavy (non-hydrogen) atoms. The molecular formula is C20H36O4Sn. The van der Waals surface area contributed by atoms with Gasteiger partial charge in [0.1, 0.15) is 0 Å². The summed E-state index contributed by atoms with van der Waals surface area (Å²) >= 11 is 0.149. The number of carboxylic acids is 2. The third kappa shape index (κ3) is 16.7. The summed E-state index contributed by atoms with van der Waals surface area (Å²) in [6.07, 6.45) is 9.88. The molecule has 0 fully saturated rings. The average molecular weight is 459 g/mol. The van der Waals surface area contributed by atoms with Gasteiger partial charge < -0.3 is 19.8 Å². The predicted octanol–water partition coefficient (Wildman–Crippen LogP) is 3.29. The molecule has 144 valence electrons. The van der Waals surface area contributed by atoms with E-state index >= 15 is 0 Å². The Morgan fingerprint density at radius 1 is 0.680 bits per heavy atom. The molecule has 0 N–H and O–H groups in total. The Morgan fingerprint density at radius 3 is 1.52 bits per heavy atom. The van der Waals surface area contributed by atoms with E-state index in [2.05, 4.69) is 13.8 Å². The van der Waals surface area contributed by atoms with E-state index in [1.165, 1.54) is 25.7 Å². The Morgan fingerprint density at radius 2 is 1.16 bits per heavy atom. The molecule has 0 bridgehead atoms. The predicted molar refractivity (Wildman–Crippen MR) is 101 cm³/mol. The number of carbonyl (C=O) groups excluding carboxylic acids is 2. The van der Waals surface area contributed by atoms with E-state index in [4.69, 9.17) is 0 Å². The molecule has 0 amide bonds. The van der Waals surface area contributed by atoms with Crippen molar-refractivity contribution in [3.8, 4) is 0 Å². The Hall–Kier alpha value is -0.521. The molecule has 0 aliphatic heterocycles. The molecule has 0 radical (unpaired) electrons. The first-order valence-corrected chi connectivity index (χ1v) is 13.8. The summed E-state index contributed by atoms with van der Waals surface area (Å²) in [4.78, 5) is 21.5. The number of carboxylic acid groups (broad SMARTS) is 2. The van der Waals surface area contributed by atoms with Crippen LogP contribution >= 0.6 is 0 Å². The Labute approximate surface area is 164 Å². The van der Waals surface area contributed by atoms with Gasteiger partial charge in [0, 0.05) is 0 Å². The summed E-state index contributed by atoms with van der Waals surface area (Å²) in [5, 5.41) is 21.5. The molecule has 4 nitrogen and oxygen atoms in total. The van der Waals surface area contributed by atoms with Gasteiger partial charge in [0.25, 0.3) is 0 Å². The van der Waals surface area contributed by atoms with Gasteiger partial charge in [-0.1, -0.05) is 33.1 Å². The number of unbranched alkanes of at least 4 members (excludes halogenated alkanes) is 5. The minimum absolute atomic E-state index is 0.112. The van der Waals surface area contributed by atoms with Gasteiger partial charge in [0.2, 0.25) is 0 Å². The Kier molecular flexibility index (Phi) is 21.1. The Bertz CT molecular complexity index is 372. The van der Waals surface area contributed by atoms with Crippen LogP contribution in [0.4, 0.5) is 0 Å². The van der Waals surface area contributed by atoms with Crippen LogP contribution in [0.1, 0.15) is 91.9 Å². The van der Waals surface area contributed by atoms with Gasteiger partial charge >= 0.3 is 69.5 Å². The monoisotopic (exact) mass is 460 g/mol. The number of carbonyl (C=O) groups is 2. The van der Waals surface area contributed by atoms with Crippen molar-refractivity contribution >= 4 is 33.1 Å². The molecule has 0 aromatic heterocycles. The van der Waals surface area contributed by atoms with Crippen molar-refractivity contribution in [2.75, 3.05) is 0 Å². The summed E-state index contributed by atoms with van der Waals surface area (Å²) in [5.41, 5.74) is -0.255. The van der Waals surface area contributed by atoms with E-state index in [1.807, 2.05) is 6.92 Å². The van der Waals surface area contributed by atoms with Gasteiger partial charge in [0.15, 0.2) is 0 Å². The maximum atomic E-state index is 10.8. The molecule has 0 aliphatic rings. The second kappa shape index (κ2) is 19.8. The summed E-state index contributed by atoms with van der Waals surface area (Å²) in [7, 11) is 0. The molecule has 5 heteroatoms.